The number of hydrogen-bond acceptors (Lipinski definition) is 7. The molecule has 2 unspecified atom stereocenters. The van der Waals surface area contributed by atoms with Gasteiger partial charge >= 0.3 is 0 Å². The van der Waals surface area contributed by atoms with E-state index in [1.165, 1.54) is 18.5 Å². The molecular weight excluding hydrogens is 467 g/mol. The number of benzene rings is 2. The Labute approximate surface area is 207 Å². The van der Waals surface area contributed by atoms with Gasteiger partial charge in [0, 0.05) is 19.3 Å². The average molecular weight is 493 g/mol. The zero-order valence-electron chi connectivity index (χ0n) is 19.2. The van der Waals surface area contributed by atoms with Gasteiger partial charge in [0.25, 0.3) is 5.17 Å². The Bertz CT molecular complexity index is 1320. The summed E-state index contributed by atoms with van der Waals surface area (Å²) < 4.78 is 27.4. The molecule has 0 aliphatic carbocycles. The van der Waals surface area contributed by atoms with Gasteiger partial charge in [-0.05, 0) is 54.9 Å². The molecule has 0 saturated carbocycles. The summed E-state index contributed by atoms with van der Waals surface area (Å²) in [5.74, 6) is 0.412. The molecule has 1 N–H and O–H groups in total. The number of para-hydroxylation sites is 1. The molecule has 4 aromatic rings. The van der Waals surface area contributed by atoms with Crippen molar-refractivity contribution in [3.63, 3.8) is 0 Å². The van der Waals surface area contributed by atoms with Gasteiger partial charge in [0.2, 0.25) is 0 Å². The number of aromatic nitrogens is 4. The molecule has 8 nitrogen and oxygen atoms in total. The number of hydrogen-bond donors (Lipinski definition) is 1. The van der Waals surface area contributed by atoms with Crippen LogP contribution in [-0.4, -0.2) is 44.5 Å². The molecule has 3 heterocycles. The third-order valence-corrected chi connectivity index (χ3v) is 6.05. The van der Waals surface area contributed by atoms with Crippen LogP contribution in [0.1, 0.15) is 24.6 Å². The van der Waals surface area contributed by atoms with E-state index in [0.29, 0.717) is 35.3 Å². The van der Waals surface area contributed by atoms with Crippen LogP contribution in [0.25, 0.3) is 11.2 Å². The minimum Gasteiger partial charge on any atom is -0.468 e. The average Bonchev–Trinajstić information content (AvgIpc) is 3.50. The first-order valence-corrected chi connectivity index (χ1v) is 11.7. The standard InChI is InChI=1S/C25H25FN6O2S/c1-31(13-17-6-5-7-18(26)12-17)23-22-24(28-15-27-23)32(16-29-22)21-11-10-20(34-21)14-33-25(35)30-19-8-3-2-4-9-19/h2-9,12,15-16,20-21H,10-11,13-14H2,1H3,(H,30,35). The van der Waals surface area contributed by atoms with Crippen molar-refractivity contribution in [1.29, 1.82) is 0 Å². The van der Waals surface area contributed by atoms with E-state index in [1.54, 1.807) is 12.4 Å². The summed E-state index contributed by atoms with van der Waals surface area (Å²) >= 11 is 5.29. The second-order valence-corrected chi connectivity index (χ2v) is 8.76. The Balaban J connectivity index is 1.22. The first-order valence-electron chi connectivity index (χ1n) is 11.3. The lowest BCUT2D eigenvalue weighted by Gasteiger charge is -2.19. The summed E-state index contributed by atoms with van der Waals surface area (Å²) in [5, 5.41) is 3.38. The number of thiocarbonyl (C=S) groups is 1. The molecule has 0 amide bonds. The van der Waals surface area contributed by atoms with Crippen molar-refractivity contribution in [2.75, 3.05) is 23.9 Å². The number of ether oxygens (including phenoxy) is 2. The van der Waals surface area contributed by atoms with Gasteiger partial charge in [-0.1, -0.05) is 30.3 Å². The SMILES string of the molecule is CN(Cc1cccc(F)c1)c1ncnc2c1ncn2C1CCC(COC(=S)Nc2ccccc2)O1. The maximum Gasteiger partial charge on any atom is 0.261 e. The summed E-state index contributed by atoms with van der Waals surface area (Å²) in [5.41, 5.74) is 3.09. The van der Waals surface area contributed by atoms with Crippen molar-refractivity contribution in [3.05, 3.63) is 78.6 Å². The molecule has 10 heteroatoms. The van der Waals surface area contributed by atoms with Gasteiger partial charge in [0.1, 0.15) is 25.0 Å². The van der Waals surface area contributed by atoms with Crippen LogP contribution < -0.4 is 10.2 Å². The van der Waals surface area contributed by atoms with E-state index in [2.05, 4.69) is 20.3 Å². The van der Waals surface area contributed by atoms with Gasteiger partial charge in [0.15, 0.2) is 17.0 Å². The fourth-order valence-electron chi connectivity index (χ4n) is 4.17. The summed E-state index contributed by atoms with van der Waals surface area (Å²) in [6.07, 6.45) is 4.58. The number of fused-ring (bicyclic) bond motifs is 1. The van der Waals surface area contributed by atoms with Crippen molar-refractivity contribution in [1.82, 2.24) is 19.5 Å². The lowest BCUT2D eigenvalue weighted by atomic mass is 10.2. The predicted octanol–water partition coefficient (Wildman–Crippen LogP) is 4.69. The highest BCUT2D eigenvalue weighted by atomic mass is 32.1. The Hall–Kier alpha value is -3.63. The van der Waals surface area contributed by atoms with Crippen LogP contribution in [0, 0.1) is 5.82 Å². The minimum absolute atomic E-state index is 0.0927. The molecule has 1 fully saturated rings. The smallest absolute Gasteiger partial charge is 0.261 e. The largest absolute Gasteiger partial charge is 0.468 e. The molecule has 35 heavy (non-hydrogen) atoms. The molecule has 0 radical (unpaired) electrons. The van der Waals surface area contributed by atoms with Gasteiger partial charge in [-0.2, -0.15) is 0 Å². The van der Waals surface area contributed by atoms with Crippen molar-refractivity contribution in [2.24, 2.45) is 0 Å². The Morgan fingerprint density at radius 1 is 1.17 bits per heavy atom. The molecule has 2 aromatic carbocycles. The summed E-state index contributed by atoms with van der Waals surface area (Å²) in [6.45, 7) is 0.853. The number of rotatable bonds is 7. The fourth-order valence-corrected chi connectivity index (χ4v) is 4.36. The zero-order valence-corrected chi connectivity index (χ0v) is 20.0. The molecule has 1 aliphatic heterocycles. The van der Waals surface area contributed by atoms with Crippen LogP contribution in [0.5, 0.6) is 0 Å². The van der Waals surface area contributed by atoms with E-state index in [9.17, 15) is 4.39 Å². The topological polar surface area (TPSA) is 77.3 Å². The monoisotopic (exact) mass is 492 g/mol. The summed E-state index contributed by atoms with van der Waals surface area (Å²) in [6, 6.07) is 16.2. The molecule has 2 atom stereocenters. The van der Waals surface area contributed by atoms with E-state index < -0.39 is 0 Å². The highest BCUT2D eigenvalue weighted by molar-refractivity contribution is 7.80. The van der Waals surface area contributed by atoms with Crippen LogP contribution >= 0.6 is 12.2 Å². The van der Waals surface area contributed by atoms with E-state index in [4.69, 9.17) is 21.7 Å². The number of anilines is 2. The zero-order chi connectivity index (χ0) is 24.2. The molecular formula is C25H25FN6O2S. The second-order valence-electron chi connectivity index (χ2n) is 8.39. The van der Waals surface area contributed by atoms with E-state index in [0.717, 1.165) is 24.1 Å². The molecule has 0 bridgehead atoms. The molecule has 0 spiro atoms. The third-order valence-electron chi connectivity index (χ3n) is 5.83. The van der Waals surface area contributed by atoms with Crippen molar-refractivity contribution in [2.45, 2.75) is 31.7 Å². The van der Waals surface area contributed by atoms with Crippen molar-refractivity contribution in [3.8, 4) is 0 Å². The first-order chi connectivity index (χ1) is 17.1. The quantitative estimate of drug-likeness (QED) is 0.372. The molecule has 1 aliphatic rings. The maximum absolute atomic E-state index is 13.6. The molecule has 180 valence electrons. The van der Waals surface area contributed by atoms with Crippen molar-refractivity contribution < 1.29 is 13.9 Å². The molecule has 1 saturated heterocycles. The van der Waals surface area contributed by atoms with E-state index in [-0.39, 0.29) is 18.1 Å². The van der Waals surface area contributed by atoms with Crippen LogP contribution in [-0.2, 0) is 16.0 Å². The Morgan fingerprint density at radius 3 is 2.86 bits per heavy atom. The molecule has 2 aromatic heterocycles. The van der Waals surface area contributed by atoms with Gasteiger partial charge in [-0.3, -0.25) is 4.57 Å². The highest BCUT2D eigenvalue weighted by Crippen LogP contribution is 2.32. The van der Waals surface area contributed by atoms with E-state index in [1.807, 2.05) is 52.9 Å². The third kappa shape index (κ3) is 5.39. The number of imidazole rings is 1. The number of halogens is 1. The Morgan fingerprint density at radius 2 is 2.03 bits per heavy atom. The molecule has 5 rings (SSSR count). The van der Waals surface area contributed by atoms with Crippen molar-refractivity contribution >= 4 is 40.1 Å². The normalized spacial score (nSPS) is 17.4. The van der Waals surface area contributed by atoms with Gasteiger partial charge < -0.3 is 19.7 Å². The van der Waals surface area contributed by atoms with Crippen LogP contribution in [0.2, 0.25) is 0 Å². The lowest BCUT2D eigenvalue weighted by molar-refractivity contribution is -0.0174. The number of nitrogens with one attached hydrogen (secondary N) is 1. The fraction of sp³-hybridized carbons (Fsp3) is 0.280. The highest BCUT2D eigenvalue weighted by Gasteiger charge is 2.29. The van der Waals surface area contributed by atoms with Crippen LogP contribution in [0.15, 0.2) is 67.3 Å². The predicted molar refractivity (Wildman–Crippen MR) is 136 cm³/mol. The van der Waals surface area contributed by atoms with E-state index >= 15 is 0 Å². The van der Waals surface area contributed by atoms with Crippen LogP contribution in [0.4, 0.5) is 15.9 Å². The minimum atomic E-state index is -0.262. The van der Waals surface area contributed by atoms with Gasteiger partial charge in [-0.25, -0.2) is 19.3 Å². The first kappa shape index (κ1) is 23.1. The number of nitrogens with zero attached hydrogens (tertiary/aromatic N) is 5. The lowest BCUT2D eigenvalue weighted by Crippen LogP contribution is -2.22. The van der Waals surface area contributed by atoms with Gasteiger partial charge in [-0.15, -0.1) is 0 Å². The van der Waals surface area contributed by atoms with Crippen LogP contribution in [0.3, 0.4) is 0 Å². The van der Waals surface area contributed by atoms with Gasteiger partial charge in [0.05, 0.1) is 12.4 Å². The summed E-state index contributed by atoms with van der Waals surface area (Å²) in [7, 11) is 1.90. The Kier molecular flexibility index (Phi) is 6.82. The maximum atomic E-state index is 13.6. The second kappa shape index (κ2) is 10.3. The summed E-state index contributed by atoms with van der Waals surface area (Å²) in [4.78, 5) is 15.4.